The maximum Gasteiger partial charge on any atom is 0.253 e. The number of aromatic nitrogens is 4. The third kappa shape index (κ3) is 4.96. The van der Waals surface area contributed by atoms with E-state index in [9.17, 15) is 4.79 Å². The minimum Gasteiger partial charge on any atom is -0.341 e. The van der Waals surface area contributed by atoms with Crippen molar-refractivity contribution in [2.45, 2.75) is 58.7 Å². The Balaban J connectivity index is 1.68. The van der Waals surface area contributed by atoms with E-state index in [1.54, 1.807) is 4.90 Å². The predicted octanol–water partition coefficient (Wildman–Crippen LogP) is 4.14. The largest absolute Gasteiger partial charge is 0.341 e. The average Bonchev–Trinajstić information content (AvgIpc) is 3.10. The summed E-state index contributed by atoms with van der Waals surface area (Å²) in [6.07, 6.45) is 3.28. The van der Waals surface area contributed by atoms with Gasteiger partial charge in [0.1, 0.15) is 0 Å². The smallest absolute Gasteiger partial charge is 0.253 e. The molecule has 6 nitrogen and oxygen atoms in total. The van der Waals surface area contributed by atoms with Crippen LogP contribution in [-0.2, 0) is 17.8 Å². The SMILES string of the molecule is CCCCc1c(C)nc2nc(SCC(=O)N(C)Cc3ccccc3C)nn2c1C. The molecular formula is C22H29N5OS. The zero-order chi connectivity index (χ0) is 21.0. The van der Waals surface area contributed by atoms with E-state index in [-0.39, 0.29) is 5.91 Å². The van der Waals surface area contributed by atoms with E-state index in [1.807, 2.05) is 30.6 Å². The van der Waals surface area contributed by atoms with Gasteiger partial charge in [-0.3, -0.25) is 4.79 Å². The van der Waals surface area contributed by atoms with Crippen LogP contribution >= 0.6 is 11.8 Å². The number of carbonyl (C=O) groups excluding carboxylic acids is 1. The number of nitrogens with zero attached hydrogens (tertiary/aromatic N) is 5. The zero-order valence-corrected chi connectivity index (χ0v) is 18.7. The van der Waals surface area contributed by atoms with E-state index >= 15 is 0 Å². The first-order chi connectivity index (χ1) is 13.9. The monoisotopic (exact) mass is 411 g/mol. The van der Waals surface area contributed by atoms with Crippen molar-refractivity contribution in [3.63, 3.8) is 0 Å². The summed E-state index contributed by atoms with van der Waals surface area (Å²) in [6, 6.07) is 8.14. The highest BCUT2D eigenvalue weighted by Crippen LogP contribution is 2.20. The van der Waals surface area contributed by atoms with Crippen LogP contribution in [0, 0.1) is 20.8 Å². The Hall–Kier alpha value is -2.41. The van der Waals surface area contributed by atoms with Crippen LogP contribution < -0.4 is 0 Å². The van der Waals surface area contributed by atoms with E-state index < -0.39 is 0 Å². The summed E-state index contributed by atoms with van der Waals surface area (Å²) in [4.78, 5) is 23.5. The Labute approximate surface area is 176 Å². The van der Waals surface area contributed by atoms with Crippen LogP contribution in [-0.4, -0.2) is 43.2 Å². The van der Waals surface area contributed by atoms with E-state index in [4.69, 9.17) is 0 Å². The van der Waals surface area contributed by atoms with Crippen LogP contribution in [0.25, 0.3) is 5.78 Å². The fraction of sp³-hybridized carbons (Fsp3) is 0.455. The molecule has 0 radical (unpaired) electrons. The molecule has 0 spiro atoms. The second-order valence-corrected chi connectivity index (χ2v) is 8.38. The minimum atomic E-state index is 0.0570. The second kappa shape index (κ2) is 9.39. The van der Waals surface area contributed by atoms with Crippen LogP contribution in [0.2, 0.25) is 0 Å². The van der Waals surface area contributed by atoms with Gasteiger partial charge < -0.3 is 4.90 Å². The van der Waals surface area contributed by atoms with E-state index in [0.29, 0.717) is 23.2 Å². The molecule has 154 valence electrons. The molecule has 1 aromatic carbocycles. The molecule has 0 aliphatic carbocycles. The Bertz CT molecular complexity index is 1010. The Kier molecular flexibility index (Phi) is 6.90. The standard InChI is InChI=1S/C22H29N5OS/c1-6-7-12-19-16(3)23-21-24-22(25-27(21)17(19)4)29-14-20(28)26(5)13-18-11-9-8-10-15(18)2/h8-11H,6-7,12-14H2,1-5H3. The van der Waals surface area contributed by atoms with Crippen LogP contribution in [0.4, 0.5) is 0 Å². The van der Waals surface area contributed by atoms with E-state index in [2.05, 4.69) is 48.0 Å². The van der Waals surface area contributed by atoms with Gasteiger partial charge in [-0.2, -0.15) is 4.98 Å². The Morgan fingerprint density at radius 1 is 1.17 bits per heavy atom. The summed E-state index contributed by atoms with van der Waals surface area (Å²) in [5.41, 5.74) is 5.70. The fourth-order valence-electron chi connectivity index (χ4n) is 3.33. The number of fused-ring (bicyclic) bond motifs is 1. The number of aryl methyl sites for hydroxylation is 3. The summed E-state index contributed by atoms with van der Waals surface area (Å²) in [7, 11) is 1.83. The molecule has 0 aliphatic rings. The zero-order valence-electron chi connectivity index (χ0n) is 17.9. The minimum absolute atomic E-state index is 0.0570. The maximum atomic E-state index is 12.6. The molecule has 1 amide bonds. The van der Waals surface area contributed by atoms with Gasteiger partial charge in [-0.25, -0.2) is 9.50 Å². The Morgan fingerprint density at radius 3 is 2.66 bits per heavy atom. The molecule has 0 saturated carbocycles. The summed E-state index contributed by atoms with van der Waals surface area (Å²) in [6.45, 7) is 8.95. The van der Waals surface area contributed by atoms with E-state index in [1.165, 1.54) is 22.9 Å². The first-order valence-electron chi connectivity index (χ1n) is 10.0. The molecule has 3 rings (SSSR count). The molecule has 0 atom stereocenters. The number of amides is 1. The van der Waals surface area contributed by atoms with Crippen molar-refractivity contribution in [2.24, 2.45) is 0 Å². The Morgan fingerprint density at radius 2 is 1.93 bits per heavy atom. The van der Waals surface area contributed by atoms with Gasteiger partial charge in [0.25, 0.3) is 5.78 Å². The first-order valence-corrected chi connectivity index (χ1v) is 11.0. The number of thioether (sulfide) groups is 1. The van der Waals surface area contributed by atoms with E-state index in [0.717, 1.165) is 36.2 Å². The van der Waals surface area contributed by atoms with Gasteiger partial charge >= 0.3 is 0 Å². The summed E-state index contributed by atoms with van der Waals surface area (Å²) in [5, 5.41) is 5.18. The van der Waals surface area contributed by atoms with Crippen molar-refractivity contribution in [3.8, 4) is 0 Å². The van der Waals surface area contributed by atoms with Gasteiger partial charge in [0.2, 0.25) is 11.1 Å². The van der Waals surface area contributed by atoms with Crippen LogP contribution in [0.15, 0.2) is 29.4 Å². The molecular weight excluding hydrogens is 382 g/mol. The normalized spacial score (nSPS) is 11.2. The van der Waals surface area contributed by atoms with Gasteiger partial charge in [0.15, 0.2) is 0 Å². The summed E-state index contributed by atoms with van der Waals surface area (Å²) < 4.78 is 1.81. The molecule has 2 aromatic heterocycles. The van der Waals surface area contributed by atoms with Crippen molar-refractivity contribution in [1.82, 2.24) is 24.5 Å². The molecule has 7 heteroatoms. The molecule has 2 heterocycles. The van der Waals surface area contributed by atoms with Gasteiger partial charge in [-0.15, -0.1) is 5.10 Å². The molecule has 29 heavy (non-hydrogen) atoms. The summed E-state index contributed by atoms with van der Waals surface area (Å²) in [5.74, 6) is 0.963. The number of benzene rings is 1. The maximum absolute atomic E-state index is 12.6. The van der Waals surface area contributed by atoms with Gasteiger partial charge in [0, 0.05) is 25.0 Å². The predicted molar refractivity (Wildman–Crippen MR) is 117 cm³/mol. The molecule has 0 unspecified atom stereocenters. The van der Waals surface area contributed by atoms with Crippen molar-refractivity contribution >= 4 is 23.4 Å². The molecule has 0 fully saturated rings. The summed E-state index contributed by atoms with van der Waals surface area (Å²) >= 11 is 1.36. The number of hydrogen-bond acceptors (Lipinski definition) is 5. The molecule has 0 bridgehead atoms. The third-order valence-electron chi connectivity index (χ3n) is 5.23. The lowest BCUT2D eigenvalue weighted by atomic mass is 10.1. The molecule has 0 aliphatic heterocycles. The number of carbonyl (C=O) groups is 1. The lowest BCUT2D eigenvalue weighted by molar-refractivity contribution is -0.127. The number of hydrogen-bond donors (Lipinski definition) is 0. The lowest BCUT2D eigenvalue weighted by Gasteiger charge is -2.18. The van der Waals surface area contributed by atoms with Crippen molar-refractivity contribution < 1.29 is 4.79 Å². The van der Waals surface area contributed by atoms with Crippen LogP contribution in [0.1, 0.15) is 47.8 Å². The first kappa shape index (κ1) is 21.3. The lowest BCUT2D eigenvalue weighted by Crippen LogP contribution is -2.28. The van der Waals surface area contributed by atoms with Gasteiger partial charge in [-0.1, -0.05) is 49.4 Å². The van der Waals surface area contributed by atoms with Crippen LogP contribution in [0.3, 0.4) is 0 Å². The number of unbranched alkanes of at least 4 members (excludes halogenated alkanes) is 1. The van der Waals surface area contributed by atoms with Crippen molar-refractivity contribution in [1.29, 1.82) is 0 Å². The fourth-order valence-corrected chi connectivity index (χ4v) is 4.09. The van der Waals surface area contributed by atoms with Gasteiger partial charge in [0.05, 0.1) is 5.75 Å². The molecule has 0 N–H and O–H groups in total. The highest BCUT2D eigenvalue weighted by atomic mass is 32.2. The molecule has 3 aromatic rings. The van der Waals surface area contributed by atoms with Gasteiger partial charge in [-0.05, 0) is 50.3 Å². The second-order valence-electron chi connectivity index (χ2n) is 7.44. The third-order valence-corrected chi connectivity index (χ3v) is 6.05. The van der Waals surface area contributed by atoms with Crippen molar-refractivity contribution in [3.05, 3.63) is 52.3 Å². The topological polar surface area (TPSA) is 63.4 Å². The average molecular weight is 412 g/mol. The van der Waals surface area contributed by atoms with Crippen molar-refractivity contribution in [2.75, 3.05) is 12.8 Å². The quantitative estimate of drug-likeness (QED) is 0.521. The molecule has 0 saturated heterocycles. The van der Waals surface area contributed by atoms with Crippen LogP contribution in [0.5, 0.6) is 0 Å². The number of rotatable bonds is 8. The highest BCUT2D eigenvalue weighted by Gasteiger charge is 2.16. The highest BCUT2D eigenvalue weighted by molar-refractivity contribution is 7.99.